The van der Waals surface area contributed by atoms with Crippen molar-refractivity contribution in [1.29, 1.82) is 0 Å². The highest BCUT2D eigenvalue weighted by atomic mass is 79.9. The summed E-state index contributed by atoms with van der Waals surface area (Å²) in [6, 6.07) is 7.10. The lowest BCUT2D eigenvalue weighted by atomic mass is 9.93. The van der Waals surface area contributed by atoms with Crippen molar-refractivity contribution < 1.29 is 0 Å². The number of nitrogens with zero attached hydrogens (tertiary/aromatic N) is 1. The quantitative estimate of drug-likeness (QED) is 0.669. The Morgan fingerprint density at radius 3 is 2.56 bits per heavy atom. The van der Waals surface area contributed by atoms with E-state index in [9.17, 15) is 0 Å². The summed E-state index contributed by atoms with van der Waals surface area (Å²) < 4.78 is 0. The van der Waals surface area contributed by atoms with Gasteiger partial charge in [-0.15, -0.1) is 0 Å². The van der Waals surface area contributed by atoms with Crippen LogP contribution in [0.2, 0.25) is 5.02 Å². The molecule has 0 aromatic heterocycles. The minimum Gasteiger partial charge on any atom is -0.368 e. The molecule has 0 unspecified atom stereocenters. The van der Waals surface area contributed by atoms with Gasteiger partial charge in [0.05, 0.1) is 10.7 Å². The third-order valence-electron chi connectivity index (χ3n) is 3.83. The average Bonchev–Trinajstić information content (AvgIpc) is 2.42. The van der Waals surface area contributed by atoms with E-state index in [2.05, 4.69) is 46.0 Å². The Morgan fingerprint density at radius 2 is 2.00 bits per heavy atom. The van der Waals surface area contributed by atoms with Gasteiger partial charge in [0, 0.05) is 17.9 Å². The molecule has 0 N–H and O–H groups in total. The maximum atomic E-state index is 6.44. The Kier molecular flexibility index (Phi) is 5.38. The lowest BCUT2D eigenvalue weighted by molar-refractivity contribution is 0.418. The highest BCUT2D eigenvalue weighted by Gasteiger charge is 2.21. The van der Waals surface area contributed by atoms with Crippen molar-refractivity contribution in [2.45, 2.75) is 50.4 Å². The zero-order chi connectivity index (χ0) is 13.0. The minimum atomic E-state index is 0.677. The molecular weight excluding hydrogens is 310 g/mol. The monoisotopic (exact) mass is 329 g/mol. The van der Waals surface area contributed by atoms with E-state index in [1.165, 1.54) is 43.4 Å². The van der Waals surface area contributed by atoms with Crippen LogP contribution in [0, 0.1) is 0 Å². The molecule has 0 atom stereocenters. The number of hydrogen-bond acceptors (Lipinski definition) is 1. The number of halogens is 2. The molecule has 0 saturated heterocycles. The largest absolute Gasteiger partial charge is 0.368 e. The van der Waals surface area contributed by atoms with Gasteiger partial charge in [-0.2, -0.15) is 0 Å². The maximum absolute atomic E-state index is 6.44. The molecule has 0 spiro atoms. The fraction of sp³-hybridized carbons (Fsp3) is 0.600. The second kappa shape index (κ2) is 6.81. The summed E-state index contributed by atoms with van der Waals surface area (Å²) in [5, 5.41) is 1.75. The Balaban J connectivity index is 2.20. The molecule has 18 heavy (non-hydrogen) atoms. The Morgan fingerprint density at radius 1 is 1.28 bits per heavy atom. The first-order valence-corrected chi connectivity index (χ1v) is 8.37. The van der Waals surface area contributed by atoms with Crippen molar-refractivity contribution in [3.05, 3.63) is 28.8 Å². The molecule has 1 aliphatic carbocycles. The molecule has 1 fully saturated rings. The molecule has 1 aliphatic rings. The third kappa shape index (κ3) is 3.21. The van der Waals surface area contributed by atoms with Gasteiger partial charge in [-0.05, 0) is 37.5 Å². The van der Waals surface area contributed by atoms with Gasteiger partial charge in [0.1, 0.15) is 0 Å². The van der Waals surface area contributed by atoms with Crippen LogP contribution in [0.25, 0.3) is 0 Å². The molecule has 100 valence electrons. The van der Waals surface area contributed by atoms with Gasteiger partial charge in [0.25, 0.3) is 0 Å². The summed E-state index contributed by atoms with van der Waals surface area (Å²) in [6.07, 6.45) is 6.73. The second-order valence-electron chi connectivity index (χ2n) is 5.00. The molecule has 0 bridgehead atoms. The van der Waals surface area contributed by atoms with Crippen LogP contribution < -0.4 is 4.90 Å². The highest BCUT2D eigenvalue weighted by molar-refractivity contribution is 9.08. The van der Waals surface area contributed by atoms with Gasteiger partial charge in [-0.1, -0.05) is 52.9 Å². The van der Waals surface area contributed by atoms with Gasteiger partial charge in [0.15, 0.2) is 0 Å². The van der Waals surface area contributed by atoms with E-state index in [1.54, 1.807) is 0 Å². The molecule has 0 radical (unpaired) electrons. The predicted molar refractivity (Wildman–Crippen MR) is 84.0 cm³/mol. The van der Waals surface area contributed by atoms with E-state index < -0.39 is 0 Å². The first-order valence-electron chi connectivity index (χ1n) is 6.87. The van der Waals surface area contributed by atoms with Crippen LogP contribution in [-0.2, 0) is 5.33 Å². The topological polar surface area (TPSA) is 3.24 Å². The lowest BCUT2D eigenvalue weighted by Crippen LogP contribution is -2.36. The van der Waals surface area contributed by atoms with E-state index in [0.29, 0.717) is 6.04 Å². The van der Waals surface area contributed by atoms with E-state index in [0.717, 1.165) is 16.9 Å². The minimum absolute atomic E-state index is 0.677. The fourth-order valence-electron chi connectivity index (χ4n) is 2.88. The van der Waals surface area contributed by atoms with E-state index in [-0.39, 0.29) is 0 Å². The molecule has 1 aromatic carbocycles. The lowest BCUT2D eigenvalue weighted by Gasteiger charge is -2.36. The number of hydrogen-bond donors (Lipinski definition) is 0. The first kappa shape index (κ1) is 14.2. The third-order valence-corrected chi connectivity index (χ3v) is 4.78. The number of alkyl halides is 1. The molecule has 1 nitrogen and oxygen atoms in total. The smallest absolute Gasteiger partial charge is 0.0642 e. The van der Waals surface area contributed by atoms with Gasteiger partial charge in [-0.25, -0.2) is 0 Å². The van der Waals surface area contributed by atoms with Crippen molar-refractivity contribution in [1.82, 2.24) is 0 Å². The maximum Gasteiger partial charge on any atom is 0.0642 e. The zero-order valence-corrected chi connectivity index (χ0v) is 13.3. The van der Waals surface area contributed by atoms with Crippen molar-refractivity contribution >= 4 is 33.2 Å². The molecule has 1 saturated carbocycles. The van der Waals surface area contributed by atoms with Crippen molar-refractivity contribution in [2.75, 3.05) is 11.4 Å². The normalized spacial score (nSPS) is 16.8. The van der Waals surface area contributed by atoms with Crippen molar-refractivity contribution in [2.24, 2.45) is 0 Å². The van der Waals surface area contributed by atoms with Crippen molar-refractivity contribution in [3.8, 4) is 0 Å². The second-order valence-corrected chi connectivity index (χ2v) is 5.97. The van der Waals surface area contributed by atoms with Gasteiger partial charge >= 0.3 is 0 Å². The number of benzene rings is 1. The molecule has 0 aliphatic heterocycles. The van der Waals surface area contributed by atoms with Crippen LogP contribution in [-0.4, -0.2) is 12.6 Å². The van der Waals surface area contributed by atoms with Gasteiger partial charge < -0.3 is 4.90 Å². The summed E-state index contributed by atoms with van der Waals surface area (Å²) >= 11 is 9.91. The predicted octanol–water partition coefficient (Wildman–Crippen LogP) is 5.39. The summed E-state index contributed by atoms with van der Waals surface area (Å²) in [6.45, 7) is 3.27. The first-order chi connectivity index (χ1) is 8.76. The van der Waals surface area contributed by atoms with Crippen LogP contribution in [0.1, 0.15) is 44.6 Å². The van der Waals surface area contributed by atoms with Gasteiger partial charge in [-0.3, -0.25) is 0 Å². The summed E-state index contributed by atoms with van der Waals surface area (Å²) in [4.78, 5) is 2.49. The average molecular weight is 331 g/mol. The Hall–Kier alpha value is -0.210. The summed E-state index contributed by atoms with van der Waals surface area (Å²) in [5.41, 5.74) is 2.44. The molecule has 3 heteroatoms. The van der Waals surface area contributed by atoms with Crippen LogP contribution >= 0.6 is 27.5 Å². The summed E-state index contributed by atoms with van der Waals surface area (Å²) in [7, 11) is 0. The fourth-order valence-corrected chi connectivity index (χ4v) is 3.54. The molecular formula is C15H21BrClN. The Labute approximate surface area is 124 Å². The van der Waals surface area contributed by atoms with Crippen molar-refractivity contribution in [3.63, 3.8) is 0 Å². The molecule has 0 heterocycles. The van der Waals surface area contributed by atoms with E-state index in [1.807, 2.05) is 0 Å². The standard InChI is InChI=1S/C15H21BrClN/c1-2-18(13-6-4-3-5-7-13)15-9-8-12(11-16)10-14(15)17/h8-10,13H,2-7,11H2,1H3. The summed E-state index contributed by atoms with van der Waals surface area (Å²) in [5.74, 6) is 0. The molecule has 2 rings (SSSR count). The van der Waals surface area contributed by atoms with E-state index in [4.69, 9.17) is 11.6 Å². The highest BCUT2D eigenvalue weighted by Crippen LogP contribution is 2.33. The van der Waals surface area contributed by atoms with Crippen LogP contribution in [0.5, 0.6) is 0 Å². The van der Waals surface area contributed by atoms with Gasteiger partial charge in [0.2, 0.25) is 0 Å². The SMILES string of the molecule is CCN(c1ccc(CBr)cc1Cl)C1CCCCC1. The number of anilines is 1. The molecule has 1 aromatic rings. The van der Waals surface area contributed by atoms with E-state index >= 15 is 0 Å². The number of rotatable bonds is 4. The van der Waals surface area contributed by atoms with Crippen LogP contribution in [0.3, 0.4) is 0 Å². The Bertz CT molecular complexity index is 388. The molecule has 0 amide bonds. The van der Waals surface area contributed by atoms with Crippen LogP contribution in [0.15, 0.2) is 18.2 Å². The van der Waals surface area contributed by atoms with Crippen LogP contribution in [0.4, 0.5) is 5.69 Å². The zero-order valence-electron chi connectivity index (χ0n) is 11.0.